The summed E-state index contributed by atoms with van der Waals surface area (Å²) in [6, 6.07) is 6.48. The van der Waals surface area contributed by atoms with Crippen molar-refractivity contribution in [1.29, 1.82) is 0 Å². The third-order valence-electron chi connectivity index (χ3n) is 2.74. The lowest BCUT2D eigenvalue weighted by Crippen LogP contribution is -2.32. The molecular weight excluding hydrogens is 218 g/mol. The standard InChI is InChI=1S/C12H17N3S/c1-3-10(13)12(11-5-4-8-16-11)15-7-6-9(2)14-15/h4-8,10,12H,3,13H2,1-2H3. The number of nitrogens with two attached hydrogens (primary N) is 1. The van der Waals surface area contributed by atoms with Gasteiger partial charge in [-0.25, -0.2) is 0 Å². The Morgan fingerprint density at radius 3 is 2.81 bits per heavy atom. The third kappa shape index (κ3) is 2.18. The normalized spacial score (nSPS) is 14.9. The molecule has 16 heavy (non-hydrogen) atoms. The van der Waals surface area contributed by atoms with E-state index in [9.17, 15) is 0 Å². The average Bonchev–Trinajstić information content (AvgIpc) is 2.91. The second-order valence-electron chi connectivity index (χ2n) is 3.97. The molecule has 0 saturated heterocycles. The van der Waals surface area contributed by atoms with Crippen LogP contribution in [0.2, 0.25) is 0 Å². The van der Waals surface area contributed by atoms with Crippen molar-refractivity contribution in [3.8, 4) is 0 Å². The minimum atomic E-state index is 0.109. The molecule has 2 N–H and O–H groups in total. The van der Waals surface area contributed by atoms with E-state index in [0.29, 0.717) is 0 Å². The molecule has 0 spiro atoms. The number of rotatable bonds is 4. The zero-order valence-corrected chi connectivity index (χ0v) is 10.4. The Morgan fingerprint density at radius 2 is 2.31 bits per heavy atom. The van der Waals surface area contributed by atoms with Crippen molar-refractivity contribution in [1.82, 2.24) is 9.78 Å². The van der Waals surface area contributed by atoms with Crippen molar-refractivity contribution in [2.45, 2.75) is 32.4 Å². The number of thiophene rings is 1. The Hall–Kier alpha value is -1.13. The largest absolute Gasteiger partial charge is 0.326 e. The predicted molar refractivity (Wildman–Crippen MR) is 67.7 cm³/mol. The number of nitrogens with zero attached hydrogens (tertiary/aromatic N) is 2. The van der Waals surface area contributed by atoms with Crippen LogP contribution in [0.3, 0.4) is 0 Å². The van der Waals surface area contributed by atoms with Gasteiger partial charge in [0.1, 0.15) is 6.04 Å². The van der Waals surface area contributed by atoms with Crippen LogP contribution in [-0.2, 0) is 0 Å². The van der Waals surface area contributed by atoms with Gasteiger partial charge in [-0.2, -0.15) is 5.10 Å². The summed E-state index contributed by atoms with van der Waals surface area (Å²) in [5.41, 5.74) is 7.23. The van der Waals surface area contributed by atoms with Crippen LogP contribution in [-0.4, -0.2) is 15.8 Å². The lowest BCUT2D eigenvalue weighted by Gasteiger charge is -2.22. The smallest absolute Gasteiger partial charge is 0.101 e. The topological polar surface area (TPSA) is 43.8 Å². The summed E-state index contributed by atoms with van der Waals surface area (Å²) < 4.78 is 1.98. The van der Waals surface area contributed by atoms with Crippen LogP contribution in [0, 0.1) is 6.92 Å². The van der Waals surface area contributed by atoms with Crippen LogP contribution in [0.5, 0.6) is 0 Å². The molecule has 2 heterocycles. The molecule has 0 saturated carbocycles. The lowest BCUT2D eigenvalue weighted by molar-refractivity contribution is 0.428. The molecular formula is C12H17N3S. The van der Waals surface area contributed by atoms with Gasteiger partial charge in [-0.3, -0.25) is 4.68 Å². The molecule has 0 bridgehead atoms. The number of aryl methyl sites for hydroxylation is 1. The van der Waals surface area contributed by atoms with E-state index in [1.165, 1.54) is 4.88 Å². The Balaban J connectivity index is 2.35. The summed E-state index contributed by atoms with van der Waals surface area (Å²) in [4.78, 5) is 1.28. The summed E-state index contributed by atoms with van der Waals surface area (Å²) in [7, 11) is 0. The van der Waals surface area contributed by atoms with E-state index < -0.39 is 0 Å². The van der Waals surface area contributed by atoms with Crippen LogP contribution >= 0.6 is 11.3 Å². The number of aromatic nitrogens is 2. The molecule has 2 rings (SSSR count). The summed E-state index contributed by atoms with van der Waals surface area (Å²) >= 11 is 1.74. The van der Waals surface area contributed by atoms with E-state index in [4.69, 9.17) is 5.73 Å². The van der Waals surface area contributed by atoms with Gasteiger partial charge in [0.05, 0.1) is 5.69 Å². The highest BCUT2D eigenvalue weighted by Gasteiger charge is 2.21. The highest BCUT2D eigenvalue weighted by Crippen LogP contribution is 2.26. The molecule has 0 fully saturated rings. The van der Waals surface area contributed by atoms with Gasteiger partial charge >= 0.3 is 0 Å². The van der Waals surface area contributed by atoms with Gasteiger partial charge < -0.3 is 5.73 Å². The van der Waals surface area contributed by atoms with Gasteiger partial charge in [-0.15, -0.1) is 11.3 Å². The quantitative estimate of drug-likeness (QED) is 0.885. The molecule has 2 atom stereocenters. The molecule has 0 aliphatic heterocycles. The van der Waals surface area contributed by atoms with E-state index in [2.05, 4.69) is 29.5 Å². The van der Waals surface area contributed by atoms with Gasteiger partial charge in [0.2, 0.25) is 0 Å². The van der Waals surface area contributed by atoms with Crippen molar-refractivity contribution in [2.24, 2.45) is 5.73 Å². The minimum Gasteiger partial charge on any atom is -0.326 e. The molecule has 0 radical (unpaired) electrons. The number of hydrogen-bond acceptors (Lipinski definition) is 3. The first kappa shape index (κ1) is 11.4. The van der Waals surface area contributed by atoms with Gasteiger partial charge in [-0.1, -0.05) is 13.0 Å². The van der Waals surface area contributed by atoms with Crippen LogP contribution in [0.4, 0.5) is 0 Å². The van der Waals surface area contributed by atoms with Crippen molar-refractivity contribution >= 4 is 11.3 Å². The molecule has 2 aromatic heterocycles. The van der Waals surface area contributed by atoms with Crippen LogP contribution < -0.4 is 5.73 Å². The summed E-state index contributed by atoms with van der Waals surface area (Å²) in [6.45, 7) is 4.11. The molecule has 2 aromatic rings. The molecule has 3 nitrogen and oxygen atoms in total. The van der Waals surface area contributed by atoms with Gasteiger partial charge in [-0.05, 0) is 30.9 Å². The van der Waals surface area contributed by atoms with Crippen LogP contribution in [0.1, 0.15) is 30.0 Å². The zero-order valence-electron chi connectivity index (χ0n) is 9.63. The predicted octanol–water partition coefficient (Wildman–Crippen LogP) is 2.58. The zero-order chi connectivity index (χ0) is 11.5. The highest BCUT2D eigenvalue weighted by atomic mass is 32.1. The SMILES string of the molecule is CCC(N)C(c1cccs1)n1ccc(C)n1. The van der Waals surface area contributed by atoms with Gasteiger partial charge in [0.25, 0.3) is 0 Å². The Bertz CT molecular complexity index is 433. The summed E-state index contributed by atoms with van der Waals surface area (Å²) in [5, 5.41) is 6.56. The fourth-order valence-corrected chi connectivity index (χ4v) is 2.70. The van der Waals surface area contributed by atoms with E-state index in [0.717, 1.165) is 12.1 Å². The molecule has 86 valence electrons. The molecule has 2 unspecified atom stereocenters. The maximum absolute atomic E-state index is 6.20. The molecule has 0 aromatic carbocycles. The Labute approximate surface area is 99.9 Å². The Kier molecular flexibility index (Phi) is 3.41. The third-order valence-corrected chi connectivity index (χ3v) is 3.68. The van der Waals surface area contributed by atoms with E-state index in [1.807, 2.05) is 23.9 Å². The lowest BCUT2D eigenvalue weighted by atomic mass is 10.1. The minimum absolute atomic E-state index is 0.109. The highest BCUT2D eigenvalue weighted by molar-refractivity contribution is 7.10. The van der Waals surface area contributed by atoms with Crippen LogP contribution in [0.25, 0.3) is 0 Å². The van der Waals surface area contributed by atoms with Crippen LogP contribution in [0.15, 0.2) is 29.8 Å². The summed E-state index contributed by atoms with van der Waals surface area (Å²) in [6.07, 6.45) is 2.96. The first-order chi connectivity index (χ1) is 7.72. The van der Waals surface area contributed by atoms with Crippen molar-refractivity contribution in [3.05, 3.63) is 40.3 Å². The fourth-order valence-electron chi connectivity index (χ4n) is 1.81. The fraction of sp³-hybridized carbons (Fsp3) is 0.417. The average molecular weight is 235 g/mol. The molecule has 4 heteroatoms. The van der Waals surface area contributed by atoms with E-state index in [-0.39, 0.29) is 12.1 Å². The Morgan fingerprint density at radius 1 is 1.50 bits per heavy atom. The summed E-state index contributed by atoms with van der Waals surface area (Å²) in [5.74, 6) is 0. The van der Waals surface area contributed by atoms with Gasteiger partial charge in [0.15, 0.2) is 0 Å². The second kappa shape index (κ2) is 4.80. The van der Waals surface area contributed by atoms with E-state index in [1.54, 1.807) is 11.3 Å². The molecule has 0 amide bonds. The maximum Gasteiger partial charge on any atom is 0.101 e. The monoisotopic (exact) mass is 235 g/mol. The van der Waals surface area contributed by atoms with E-state index >= 15 is 0 Å². The first-order valence-corrected chi connectivity index (χ1v) is 6.41. The van der Waals surface area contributed by atoms with Gasteiger partial charge in [0, 0.05) is 17.1 Å². The van der Waals surface area contributed by atoms with Crippen molar-refractivity contribution in [2.75, 3.05) is 0 Å². The van der Waals surface area contributed by atoms with Crippen molar-refractivity contribution < 1.29 is 0 Å². The second-order valence-corrected chi connectivity index (χ2v) is 4.95. The van der Waals surface area contributed by atoms with Crippen molar-refractivity contribution in [3.63, 3.8) is 0 Å². The molecule has 0 aliphatic carbocycles. The molecule has 0 aliphatic rings. The number of hydrogen-bond donors (Lipinski definition) is 1. The first-order valence-electron chi connectivity index (χ1n) is 5.53. The maximum atomic E-state index is 6.20.